The minimum absolute atomic E-state index is 0.102. The first-order valence-electron chi connectivity index (χ1n) is 5.05. The van der Waals surface area contributed by atoms with Crippen LogP contribution < -0.4 is 0 Å². The summed E-state index contributed by atoms with van der Waals surface area (Å²) >= 11 is 0. The van der Waals surface area contributed by atoms with Crippen LogP contribution in [0.25, 0.3) is 0 Å². The van der Waals surface area contributed by atoms with E-state index in [0.717, 1.165) is 0 Å². The first-order valence-corrected chi connectivity index (χ1v) is 5.05. The predicted octanol–water partition coefficient (Wildman–Crippen LogP) is -1.66. The van der Waals surface area contributed by atoms with Gasteiger partial charge in [-0.15, -0.1) is 0 Å². The SMILES string of the molecule is O=[N+]([O-])c1cc[nH]c1.OC[C@H]1OC(O)[C@H](O)[C@@H]1O. The minimum atomic E-state index is -1.38. The number of nitrogens with one attached hydrogen (secondary N) is 1. The zero-order valence-corrected chi connectivity index (χ0v) is 9.21. The maximum Gasteiger partial charge on any atom is 0.286 e. The molecule has 1 saturated heterocycles. The highest BCUT2D eigenvalue weighted by Crippen LogP contribution is 2.18. The molecule has 0 spiro atoms. The van der Waals surface area contributed by atoms with Gasteiger partial charge in [-0.1, -0.05) is 0 Å². The Morgan fingerprint density at radius 3 is 2.28 bits per heavy atom. The van der Waals surface area contributed by atoms with Gasteiger partial charge in [0.25, 0.3) is 5.69 Å². The number of nitro groups is 1. The van der Waals surface area contributed by atoms with Crippen molar-refractivity contribution in [3.05, 3.63) is 28.6 Å². The van der Waals surface area contributed by atoms with Gasteiger partial charge < -0.3 is 30.1 Å². The molecule has 1 aromatic heterocycles. The third kappa shape index (κ3) is 3.48. The number of aromatic amines is 1. The van der Waals surface area contributed by atoms with Crippen molar-refractivity contribution in [3.8, 4) is 0 Å². The van der Waals surface area contributed by atoms with E-state index in [1.54, 1.807) is 0 Å². The second kappa shape index (κ2) is 6.42. The van der Waals surface area contributed by atoms with E-state index in [9.17, 15) is 10.1 Å². The lowest BCUT2D eigenvalue weighted by molar-refractivity contribution is -0.384. The second-order valence-electron chi connectivity index (χ2n) is 3.56. The summed E-state index contributed by atoms with van der Waals surface area (Å²) in [5.41, 5.74) is 0.102. The highest BCUT2D eigenvalue weighted by Gasteiger charge is 2.41. The van der Waals surface area contributed by atoms with Crippen molar-refractivity contribution in [2.75, 3.05) is 6.61 Å². The number of ether oxygens (including phenoxy) is 1. The standard InChI is InChI=1S/C5H10O5.C4H4N2O2/c6-1-2-3(7)4(8)5(9)10-2;7-6(8)4-1-2-5-3-4/h2-9H,1H2;1-3,5H/t2-,3-,4-,5?;/m1./s1. The van der Waals surface area contributed by atoms with Crippen molar-refractivity contribution >= 4 is 5.69 Å². The average Bonchev–Trinajstić information content (AvgIpc) is 2.95. The molecular formula is C9H14N2O7. The summed E-state index contributed by atoms with van der Waals surface area (Å²) in [6.45, 7) is -0.407. The second-order valence-corrected chi connectivity index (χ2v) is 3.56. The van der Waals surface area contributed by atoms with Crippen LogP contribution in [-0.4, -0.2) is 61.5 Å². The normalized spacial score (nSPS) is 30.7. The average molecular weight is 262 g/mol. The summed E-state index contributed by atoms with van der Waals surface area (Å²) in [6, 6.07) is 1.40. The zero-order valence-electron chi connectivity index (χ0n) is 9.21. The molecule has 1 aliphatic rings. The van der Waals surface area contributed by atoms with Crippen LogP contribution in [0.1, 0.15) is 0 Å². The third-order valence-electron chi connectivity index (χ3n) is 2.31. The minimum Gasteiger partial charge on any atom is -0.394 e. The molecule has 0 aromatic carbocycles. The fraction of sp³-hybridized carbons (Fsp3) is 0.556. The van der Waals surface area contributed by atoms with E-state index in [1.165, 1.54) is 18.5 Å². The molecule has 5 N–H and O–H groups in total. The van der Waals surface area contributed by atoms with Crippen molar-refractivity contribution in [2.24, 2.45) is 0 Å². The lowest BCUT2D eigenvalue weighted by Gasteiger charge is -2.09. The lowest BCUT2D eigenvalue weighted by atomic mass is 10.1. The molecule has 0 bridgehead atoms. The Morgan fingerprint density at radius 2 is 2.06 bits per heavy atom. The number of aromatic nitrogens is 1. The summed E-state index contributed by atoms with van der Waals surface area (Å²) < 4.78 is 4.54. The molecule has 1 fully saturated rings. The number of H-pyrrole nitrogens is 1. The van der Waals surface area contributed by atoms with Crippen LogP contribution in [0.5, 0.6) is 0 Å². The Morgan fingerprint density at radius 1 is 1.39 bits per heavy atom. The van der Waals surface area contributed by atoms with E-state index in [0.29, 0.717) is 0 Å². The molecule has 18 heavy (non-hydrogen) atoms. The first kappa shape index (κ1) is 14.5. The maximum atomic E-state index is 9.85. The van der Waals surface area contributed by atoms with E-state index in [-0.39, 0.29) is 5.69 Å². The van der Waals surface area contributed by atoms with Crippen molar-refractivity contribution in [3.63, 3.8) is 0 Å². The number of hydrogen-bond acceptors (Lipinski definition) is 7. The fourth-order valence-electron chi connectivity index (χ4n) is 1.31. The molecule has 4 atom stereocenters. The summed E-state index contributed by atoms with van der Waals surface area (Å²) in [6.07, 6.45) is -1.91. The molecule has 0 radical (unpaired) electrons. The van der Waals surface area contributed by atoms with E-state index >= 15 is 0 Å². The quantitative estimate of drug-likeness (QED) is 0.316. The van der Waals surface area contributed by atoms with Gasteiger partial charge in [0, 0.05) is 12.3 Å². The van der Waals surface area contributed by atoms with Crippen molar-refractivity contribution in [2.45, 2.75) is 24.6 Å². The fourth-order valence-corrected chi connectivity index (χ4v) is 1.31. The molecule has 2 heterocycles. The highest BCUT2D eigenvalue weighted by molar-refractivity contribution is 5.23. The van der Waals surface area contributed by atoms with Crippen LogP contribution in [-0.2, 0) is 4.74 Å². The molecular weight excluding hydrogens is 248 g/mol. The van der Waals surface area contributed by atoms with Gasteiger partial charge in [-0.05, 0) is 0 Å². The molecule has 102 valence electrons. The number of rotatable bonds is 2. The van der Waals surface area contributed by atoms with Crippen molar-refractivity contribution in [1.29, 1.82) is 0 Å². The monoisotopic (exact) mass is 262 g/mol. The molecule has 0 amide bonds. The predicted molar refractivity (Wildman–Crippen MR) is 57.4 cm³/mol. The van der Waals surface area contributed by atoms with Gasteiger partial charge in [-0.3, -0.25) is 10.1 Å². The summed E-state index contributed by atoms with van der Waals surface area (Å²) in [4.78, 5) is 12.0. The van der Waals surface area contributed by atoms with Crippen LogP contribution in [0.15, 0.2) is 18.5 Å². The van der Waals surface area contributed by atoms with Gasteiger partial charge >= 0.3 is 0 Å². The number of hydrogen-bond donors (Lipinski definition) is 5. The highest BCUT2D eigenvalue weighted by atomic mass is 16.6. The van der Waals surface area contributed by atoms with Gasteiger partial charge in [0.1, 0.15) is 18.3 Å². The van der Waals surface area contributed by atoms with Crippen molar-refractivity contribution in [1.82, 2.24) is 4.98 Å². The summed E-state index contributed by atoms with van der Waals surface area (Å²) in [7, 11) is 0. The molecule has 1 aromatic rings. The third-order valence-corrected chi connectivity index (χ3v) is 2.31. The smallest absolute Gasteiger partial charge is 0.286 e. The van der Waals surface area contributed by atoms with Crippen LogP contribution in [0.2, 0.25) is 0 Å². The van der Waals surface area contributed by atoms with E-state index in [2.05, 4.69) is 9.72 Å². The van der Waals surface area contributed by atoms with Crippen LogP contribution in [0, 0.1) is 10.1 Å². The molecule has 9 nitrogen and oxygen atoms in total. The molecule has 1 aliphatic heterocycles. The van der Waals surface area contributed by atoms with Gasteiger partial charge in [-0.2, -0.15) is 0 Å². The van der Waals surface area contributed by atoms with Crippen molar-refractivity contribution < 1.29 is 30.1 Å². The van der Waals surface area contributed by atoms with Crippen LogP contribution >= 0.6 is 0 Å². The maximum absolute atomic E-state index is 9.85. The van der Waals surface area contributed by atoms with E-state index < -0.39 is 36.1 Å². The molecule has 0 aliphatic carbocycles. The van der Waals surface area contributed by atoms with Gasteiger partial charge in [-0.25, -0.2) is 0 Å². The van der Waals surface area contributed by atoms with Crippen LogP contribution in [0.4, 0.5) is 5.69 Å². The topological polar surface area (TPSA) is 149 Å². The molecule has 2 rings (SSSR count). The Labute approximate surface area is 101 Å². The lowest BCUT2D eigenvalue weighted by Crippen LogP contribution is -2.33. The Kier molecular flexibility index (Phi) is 5.19. The number of aliphatic hydroxyl groups is 4. The largest absolute Gasteiger partial charge is 0.394 e. The molecule has 0 saturated carbocycles. The summed E-state index contributed by atoms with van der Waals surface area (Å²) in [5.74, 6) is 0. The first-order chi connectivity index (χ1) is 8.47. The number of nitrogens with zero attached hydrogens (tertiary/aromatic N) is 1. The van der Waals surface area contributed by atoms with E-state index in [1.807, 2.05) is 0 Å². The van der Waals surface area contributed by atoms with E-state index in [4.69, 9.17) is 20.4 Å². The van der Waals surface area contributed by atoms with Gasteiger partial charge in [0.15, 0.2) is 6.29 Å². The van der Waals surface area contributed by atoms with Crippen LogP contribution in [0.3, 0.4) is 0 Å². The summed E-state index contributed by atoms with van der Waals surface area (Å²) in [5, 5.41) is 44.8. The molecule has 9 heteroatoms. The zero-order chi connectivity index (χ0) is 13.7. The molecule has 1 unspecified atom stereocenters. The van der Waals surface area contributed by atoms with Gasteiger partial charge in [0.05, 0.1) is 17.7 Å². The Bertz CT molecular complexity index is 369. The van der Waals surface area contributed by atoms with Gasteiger partial charge in [0.2, 0.25) is 0 Å². The number of aliphatic hydroxyl groups excluding tert-OH is 4. The Balaban J connectivity index is 0.000000184. The Hall–Kier alpha value is -1.52.